The van der Waals surface area contributed by atoms with Crippen molar-refractivity contribution in [2.24, 2.45) is 5.73 Å². The molecule has 0 bridgehead atoms. The van der Waals surface area contributed by atoms with Gasteiger partial charge in [-0.25, -0.2) is 0 Å². The zero-order chi connectivity index (χ0) is 10.7. The molecule has 0 amide bonds. The molecule has 2 heteroatoms. The average molecular weight is 200 g/mol. The Morgan fingerprint density at radius 2 is 2.13 bits per heavy atom. The lowest BCUT2D eigenvalue weighted by Crippen LogP contribution is -2.02. The molecule has 78 valence electrons. The van der Waals surface area contributed by atoms with Crippen molar-refractivity contribution < 1.29 is 0 Å². The van der Waals surface area contributed by atoms with Crippen molar-refractivity contribution in [2.75, 3.05) is 6.54 Å². The first-order valence-electron chi connectivity index (χ1n) is 5.24. The molecule has 2 nitrogen and oxygen atoms in total. The summed E-state index contributed by atoms with van der Waals surface area (Å²) in [7, 11) is 0. The van der Waals surface area contributed by atoms with Gasteiger partial charge in [-0.3, -0.25) is 0 Å². The third kappa shape index (κ3) is 1.81. The third-order valence-corrected chi connectivity index (χ3v) is 2.61. The molecular weight excluding hydrogens is 184 g/mol. The second-order valence-electron chi connectivity index (χ2n) is 3.65. The Labute approximate surface area is 90.0 Å². The predicted octanol–water partition coefficient (Wildman–Crippen LogP) is 2.33. The molecule has 2 rings (SSSR count). The van der Waals surface area contributed by atoms with E-state index in [0.29, 0.717) is 6.54 Å². The molecule has 1 aromatic heterocycles. The molecule has 1 aromatic carbocycles. The van der Waals surface area contributed by atoms with Gasteiger partial charge in [-0.15, -0.1) is 6.58 Å². The van der Waals surface area contributed by atoms with Gasteiger partial charge in [0.05, 0.1) is 0 Å². The van der Waals surface area contributed by atoms with E-state index in [0.717, 1.165) is 13.0 Å². The van der Waals surface area contributed by atoms with Gasteiger partial charge in [0.15, 0.2) is 0 Å². The second kappa shape index (κ2) is 4.32. The molecule has 0 radical (unpaired) electrons. The standard InChI is InChI=1S/C13H16N2/c1-2-9-15-10-11(7-8-14)12-5-3-4-6-13(12)15/h2-6,10H,1,7-9,14H2. The van der Waals surface area contributed by atoms with Crippen LogP contribution in [0.25, 0.3) is 10.9 Å². The lowest BCUT2D eigenvalue weighted by Gasteiger charge is -1.99. The minimum Gasteiger partial charge on any atom is -0.343 e. The number of rotatable bonds is 4. The Balaban J connectivity index is 2.56. The maximum absolute atomic E-state index is 5.61. The molecular formula is C13H16N2. The van der Waals surface area contributed by atoms with Crippen molar-refractivity contribution in [1.29, 1.82) is 0 Å². The fraction of sp³-hybridized carbons (Fsp3) is 0.231. The number of hydrogen-bond donors (Lipinski definition) is 1. The van der Waals surface area contributed by atoms with Gasteiger partial charge in [-0.05, 0) is 24.6 Å². The quantitative estimate of drug-likeness (QED) is 0.754. The normalized spacial score (nSPS) is 10.7. The molecule has 0 aliphatic heterocycles. The van der Waals surface area contributed by atoms with Crippen LogP contribution in [-0.4, -0.2) is 11.1 Å². The van der Waals surface area contributed by atoms with Gasteiger partial charge in [-0.2, -0.15) is 0 Å². The number of benzene rings is 1. The highest BCUT2D eigenvalue weighted by atomic mass is 14.9. The maximum Gasteiger partial charge on any atom is 0.0486 e. The van der Waals surface area contributed by atoms with Crippen molar-refractivity contribution >= 4 is 10.9 Å². The number of fused-ring (bicyclic) bond motifs is 1. The van der Waals surface area contributed by atoms with Gasteiger partial charge in [-0.1, -0.05) is 24.3 Å². The van der Waals surface area contributed by atoms with E-state index in [1.54, 1.807) is 0 Å². The van der Waals surface area contributed by atoms with Crippen LogP contribution in [-0.2, 0) is 13.0 Å². The lowest BCUT2D eigenvalue weighted by atomic mass is 10.1. The van der Waals surface area contributed by atoms with Crippen LogP contribution in [0.2, 0.25) is 0 Å². The SMILES string of the molecule is C=CCn1cc(CCN)c2ccccc21. The van der Waals surface area contributed by atoms with Gasteiger partial charge in [0, 0.05) is 23.6 Å². The van der Waals surface area contributed by atoms with E-state index in [9.17, 15) is 0 Å². The topological polar surface area (TPSA) is 30.9 Å². The fourth-order valence-corrected chi connectivity index (χ4v) is 1.97. The van der Waals surface area contributed by atoms with E-state index < -0.39 is 0 Å². The largest absolute Gasteiger partial charge is 0.343 e. The lowest BCUT2D eigenvalue weighted by molar-refractivity contribution is 0.853. The molecule has 0 aliphatic rings. The van der Waals surface area contributed by atoms with Crippen LogP contribution in [0.3, 0.4) is 0 Å². The minimum absolute atomic E-state index is 0.697. The molecule has 15 heavy (non-hydrogen) atoms. The van der Waals surface area contributed by atoms with E-state index >= 15 is 0 Å². The summed E-state index contributed by atoms with van der Waals surface area (Å²) < 4.78 is 2.22. The van der Waals surface area contributed by atoms with Gasteiger partial charge in [0.2, 0.25) is 0 Å². The molecule has 1 heterocycles. The number of para-hydroxylation sites is 1. The van der Waals surface area contributed by atoms with E-state index in [-0.39, 0.29) is 0 Å². The summed E-state index contributed by atoms with van der Waals surface area (Å²) in [6.07, 6.45) is 5.03. The zero-order valence-corrected chi connectivity index (χ0v) is 8.82. The van der Waals surface area contributed by atoms with Gasteiger partial charge in [0.25, 0.3) is 0 Å². The van der Waals surface area contributed by atoms with Crippen molar-refractivity contribution in [2.45, 2.75) is 13.0 Å². The number of allylic oxidation sites excluding steroid dienone is 1. The van der Waals surface area contributed by atoms with E-state index in [1.165, 1.54) is 16.5 Å². The number of hydrogen-bond acceptors (Lipinski definition) is 1. The van der Waals surface area contributed by atoms with Crippen molar-refractivity contribution in [1.82, 2.24) is 4.57 Å². The van der Waals surface area contributed by atoms with Crippen molar-refractivity contribution in [3.8, 4) is 0 Å². The molecule has 2 aromatic rings. The Bertz CT molecular complexity index is 468. The summed E-state index contributed by atoms with van der Waals surface area (Å²) >= 11 is 0. The predicted molar refractivity (Wildman–Crippen MR) is 64.9 cm³/mol. The zero-order valence-electron chi connectivity index (χ0n) is 8.82. The summed E-state index contributed by atoms with van der Waals surface area (Å²) in [6.45, 7) is 5.32. The molecule has 0 spiro atoms. The molecule has 0 fully saturated rings. The maximum atomic E-state index is 5.61. The Kier molecular flexibility index (Phi) is 2.88. The highest BCUT2D eigenvalue weighted by Gasteiger charge is 2.05. The number of aromatic nitrogens is 1. The van der Waals surface area contributed by atoms with Crippen LogP contribution >= 0.6 is 0 Å². The first kappa shape index (κ1) is 9.99. The van der Waals surface area contributed by atoms with E-state index in [1.807, 2.05) is 6.08 Å². The van der Waals surface area contributed by atoms with Crippen LogP contribution in [0.15, 0.2) is 43.1 Å². The van der Waals surface area contributed by atoms with Crippen LogP contribution in [0, 0.1) is 0 Å². The smallest absolute Gasteiger partial charge is 0.0486 e. The summed E-state index contributed by atoms with van der Waals surface area (Å²) in [4.78, 5) is 0. The highest BCUT2D eigenvalue weighted by molar-refractivity contribution is 5.84. The van der Waals surface area contributed by atoms with Gasteiger partial charge in [0.1, 0.15) is 0 Å². The first-order chi connectivity index (χ1) is 7.36. The van der Waals surface area contributed by atoms with Crippen LogP contribution < -0.4 is 5.73 Å². The number of nitrogens with zero attached hydrogens (tertiary/aromatic N) is 1. The molecule has 0 saturated carbocycles. The summed E-state index contributed by atoms with van der Waals surface area (Å²) in [6, 6.07) is 8.42. The summed E-state index contributed by atoms with van der Waals surface area (Å²) in [5.74, 6) is 0. The minimum atomic E-state index is 0.697. The second-order valence-corrected chi connectivity index (χ2v) is 3.65. The third-order valence-electron chi connectivity index (χ3n) is 2.61. The number of nitrogens with two attached hydrogens (primary N) is 1. The first-order valence-corrected chi connectivity index (χ1v) is 5.24. The van der Waals surface area contributed by atoms with Crippen LogP contribution in [0.4, 0.5) is 0 Å². The van der Waals surface area contributed by atoms with E-state index in [4.69, 9.17) is 5.73 Å². The van der Waals surface area contributed by atoms with Crippen molar-refractivity contribution in [3.63, 3.8) is 0 Å². The van der Waals surface area contributed by atoms with Gasteiger partial charge < -0.3 is 10.3 Å². The van der Waals surface area contributed by atoms with Crippen LogP contribution in [0.5, 0.6) is 0 Å². The van der Waals surface area contributed by atoms with E-state index in [2.05, 4.69) is 41.6 Å². The molecule has 2 N–H and O–H groups in total. The summed E-state index contributed by atoms with van der Waals surface area (Å²) in [5, 5.41) is 1.31. The Hall–Kier alpha value is -1.54. The highest BCUT2D eigenvalue weighted by Crippen LogP contribution is 2.21. The Morgan fingerprint density at radius 1 is 1.33 bits per heavy atom. The van der Waals surface area contributed by atoms with Crippen LogP contribution in [0.1, 0.15) is 5.56 Å². The molecule has 0 saturated heterocycles. The average Bonchev–Trinajstić information content (AvgIpc) is 2.59. The molecule has 0 atom stereocenters. The van der Waals surface area contributed by atoms with Gasteiger partial charge >= 0.3 is 0 Å². The Morgan fingerprint density at radius 3 is 2.87 bits per heavy atom. The summed E-state index contributed by atoms with van der Waals surface area (Å²) in [5.41, 5.74) is 8.20. The monoisotopic (exact) mass is 200 g/mol. The fourth-order valence-electron chi connectivity index (χ4n) is 1.97. The molecule has 0 unspecified atom stereocenters. The van der Waals surface area contributed by atoms with Crippen molar-refractivity contribution in [3.05, 3.63) is 48.7 Å². The molecule has 0 aliphatic carbocycles.